The fourth-order valence-electron chi connectivity index (χ4n) is 1.70. The van der Waals surface area contributed by atoms with Crippen LogP contribution in [0.5, 0.6) is 0 Å². The smallest absolute Gasteiger partial charge is 0.321 e. The largest absolute Gasteiger partial charge is 0.389 e. The molecule has 0 saturated carbocycles. The number of carbonyl (C=O) groups is 2. The molecule has 17 heavy (non-hydrogen) atoms. The van der Waals surface area contributed by atoms with Crippen molar-refractivity contribution in [2.24, 2.45) is 0 Å². The average molecular weight is 245 g/mol. The van der Waals surface area contributed by atoms with Crippen LogP contribution in [0.3, 0.4) is 0 Å². The highest BCUT2D eigenvalue weighted by molar-refractivity contribution is 5.96. The zero-order valence-electron chi connectivity index (χ0n) is 10.0. The van der Waals surface area contributed by atoms with E-state index in [4.69, 9.17) is 0 Å². The zero-order chi connectivity index (χ0) is 13.0. The Morgan fingerprint density at radius 1 is 1.35 bits per heavy atom. The van der Waals surface area contributed by atoms with E-state index in [1.807, 2.05) is 0 Å². The van der Waals surface area contributed by atoms with Crippen LogP contribution in [0.15, 0.2) is 0 Å². The van der Waals surface area contributed by atoms with Gasteiger partial charge in [0.25, 0.3) is 0 Å². The maximum absolute atomic E-state index is 11.7. The van der Waals surface area contributed by atoms with Gasteiger partial charge >= 0.3 is 6.03 Å². The fourth-order valence-corrected chi connectivity index (χ4v) is 1.70. The number of amides is 3. The molecule has 0 bridgehead atoms. The molecule has 1 aliphatic rings. The first-order chi connectivity index (χ1) is 7.95. The molecule has 1 heterocycles. The molecule has 4 N–H and O–H groups in total. The standard InChI is InChI=1S/C10H19N3O4/c1-3-11-10(17)12-9(16)6(2)13-4-7(14)8(15)5-13/h6-8,14-15H,3-5H2,1-2H3,(H2,11,12,16,17). The number of carbonyl (C=O) groups excluding carboxylic acids is 2. The Morgan fingerprint density at radius 2 is 1.88 bits per heavy atom. The van der Waals surface area contributed by atoms with E-state index in [2.05, 4.69) is 10.6 Å². The SMILES string of the molecule is CCNC(=O)NC(=O)C(C)N1CC(O)C(O)C1. The first-order valence-corrected chi connectivity index (χ1v) is 5.64. The second-order valence-corrected chi connectivity index (χ2v) is 4.11. The number of nitrogens with zero attached hydrogens (tertiary/aromatic N) is 1. The molecule has 98 valence electrons. The predicted octanol–water partition coefficient (Wildman–Crippen LogP) is -1.74. The van der Waals surface area contributed by atoms with E-state index in [9.17, 15) is 19.8 Å². The third kappa shape index (κ3) is 3.65. The van der Waals surface area contributed by atoms with Gasteiger partial charge in [-0.2, -0.15) is 0 Å². The van der Waals surface area contributed by atoms with Crippen molar-refractivity contribution in [3.05, 3.63) is 0 Å². The summed E-state index contributed by atoms with van der Waals surface area (Å²) < 4.78 is 0. The molecular weight excluding hydrogens is 226 g/mol. The molecule has 1 fully saturated rings. The van der Waals surface area contributed by atoms with Gasteiger partial charge in [0.15, 0.2) is 0 Å². The number of β-amino-alcohol motifs (C(OH)–C–C–N with tert-alkyl or cyclic N) is 2. The van der Waals surface area contributed by atoms with Gasteiger partial charge in [-0.3, -0.25) is 15.0 Å². The van der Waals surface area contributed by atoms with Crippen LogP contribution in [-0.4, -0.2) is 64.9 Å². The van der Waals surface area contributed by atoms with Gasteiger partial charge < -0.3 is 15.5 Å². The molecule has 0 aromatic heterocycles. The molecule has 3 unspecified atom stereocenters. The highest BCUT2D eigenvalue weighted by atomic mass is 16.3. The van der Waals surface area contributed by atoms with E-state index in [0.717, 1.165) is 0 Å². The summed E-state index contributed by atoms with van der Waals surface area (Å²) in [6, 6.07) is -1.10. The predicted molar refractivity (Wildman–Crippen MR) is 60.3 cm³/mol. The van der Waals surface area contributed by atoms with Crippen molar-refractivity contribution in [2.75, 3.05) is 19.6 Å². The molecule has 0 aliphatic carbocycles. The lowest BCUT2D eigenvalue weighted by Gasteiger charge is -2.22. The number of aliphatic hydroxyl groups excluding tert-OH is 2. The number of likely N-dealkylation sites (tertiary alicyclic amines) is 1. The van der Waals surface area contributed by atoms with Gasteiger partial charge in [0.05, 0.1) is 18.2 Å². The summed E-state index contributed by atoms with van der Waals surface area (Å²) in [5, 5.41) is 23.4. The molecule has 0 spiro atoms. The molecule has 7 nitrogen and oxygen atoms in total. The Labute approximate surface area is 99.8 Å². The molecule has 1 rings (SSSR count). The molecule has 1 aliphatic heterocycles. The van der Waals surface area contributed by atoms with Gasteiger partial charge in [0, 0.05) is 19.6 Å². The number of urea groups is 1. The van der Waals surface area contributed by atoms with Crippen molar-refractivity contribution in [1.82, 2.24) is 15.5 Å². The molecule has 0 radical (unpaired) electrons. The van der Waals surface area contributed by atoms with Crippen LogP contribution in [0.25, 0.3) is 0 Å². The van der Waals surface area contributed by atoms with Crippen molar-refractivity contribution in [1.29, 1.82) is 0 Å². The Hall–Kier alpha value is -1.18. The summed E-state index contributed by atoms with van der Waals surface area (Å²) in [6.45, 7) is 4.27. The summed E-state index contributed by atoms with van der Waals surface area (Å²) in [5.74, 6) is -0.447. The maximum atomic E-state index is 11.7. The number of nitrogens with one attached hydrogen (secondary N) is 2. The molecule has 3 atom stereocenters. The van der Waals surface area contributed by atoms with E-state index in [1.54, 1.807) is 18.7 Å². The highest BCUT2D eigenvalue weighted by Gasteiger charge is 2.34. The Bertz CT molecular complexity index is 287. The van der Waals surface area contributed by atoms with Crippen molar-refractivity contribution in [2.45, 2.75) is 32.1 Å². The minimum atomic E-state index is -0.838. The molecule has 0 aromatic carbocycles. The van der Waals surface area contributed by atoms with Crippen LogP contribution in [0, 0.1) is 0 Å². The van der Waals surface area contributed by atoms with E-state index in [1.165, 1.54) is 0 Å². The first-order valence-electron chi connectivity index (χ1n) is 5.64. The Morgan fingerprint density at radius 3 is 2.35 bits per heavy atom. The van der Waals surface area contributed by atoms with E-state index >= 15 is 0 Å². The maximum Gasteiger partial charge on any atom is 0.321 e. The van der Waals surface area contributed by atoms with Crippen LogP contribution in [0.2, 0.25) is 0 Å². The van der Waals surface area contributed by atoms with Crippen molar-refractivity contribution in [3.8, 4) is 0 Å². The van der Waals surface area contributed by atoms with Crippen LogP contribution < -0.4 is 10.6 Å². The van der Waals surface area contributed by atoms with Gasteiger partial charge in [-0.15, -0.1) is 0 Å². The van der Waals surface area contributed by atoms with Gasteiger partial charge in [-0.1, -0.05) is 0 Å². The van der Waals surface area contributed by atoms with Gasteiger partial charge in [-0.05, 0) is 13.8 Å². The Balaban J connectivity index is 2.44. The Kier molecular flexibility index (Phi) is 4.86. The van der Waals surface area contributed by atoms with Gasteiger partial charge in [0.1, 0.15) is 0 Å². The van der Waals surface area contributed by atoms with Crippen molar-refractivity contribution >= 4 is 11.9 Å². The van der Waals surface area contributed by atoms with Crippen LogP contribution in [0.1, 0.15) is 13.8 Å². The molecule has 0 aromatic rings. The molecule has 7 heteroatoms. The summed E-state index contributed by atoms with van der Waals surface area (Å²) in [7, 11) is 0. The summed E-state index contributed by atoms with van der Waals surface area (Å²) in [4.78, 5) is 24.4. The first kappa shape index (κ1) is 13.9. The highest BCUT2D eigenvalue weighted by Crippen LogP contribution is 2.13. The van der Waals surface area contributed by atoms with E-state index in [0.29, 0.717) is 6.54 Å². The number of aliphatic hydroxyl groups is 2. The number of rotatable bonds is 3. The lowest BCUT2D eigenvalue weighted by molar-refractivity contribution is -0.124. The molecule has 3 amide bonds. The molecule has 1 saturated heterocycles. The van der Waals surface area contributed by atoms with Gasteiger partial charge in [0.2, 0.25) is 5.91 Å². The lowest BCUT2D eigenvalue weighted by atomic mass is 10.3. The quantitative estimate of drug-likeness (QED) is 0.473. The van der Waals surface area contributed by atoms with Crippen molar-refractivity contribution in [3.63, 3.8) is 0 Å². The summed E-state index contributed by atoms with van der Waals surface area (Å²) >= 11 is 0. The second-order valence-electron chi connectivity index (χ2n) is 4.11. The third-order valence-corrected chi connectivity index (χ3v) is 2.79. The minimum Gasteiger partial charge on any atom is -0.389 e. The van der Waals surface area contributed by atoms with E-state index < -0.39 is 30.2 Å². The minimum absolute atomic E-state index is 0.227. The summed E-state index contributed by atoms with van der Waals surface area (Å²) in [6.07, 6.45) is -1.68. The normalized spacial score (nSPS) is 26.6. The van der Waals surface area contributed by atoms with Crippen LogP contribution in [-0.2, 0) is 4.79 Å². The monoisotopic (exact) mass is 245 g/mol. The molecular formula is C10H19N3O4. The lowest BCUT2D eigenvalue weighted by Crippen LogP contribution is -2.49. The summed E-state index contributed by atoms with van der Waals surface area (Å²) in [5.41, 5.74) is 0. The van der Waals surface area contributed by atoms with E-state index in [-0.39, 0.29) is 13.1 Å². The zero-order valence-corrected chi connectivity index (χ0v) is 10.0. The number of hydrogen-bond acceptors (Lipinski definition) is 5. The third-order valence-electron chi connectivity index (χ3n) is 2.79. The van der Waals surface area contributed by atoms with Crippen LogP contribution >= 0.6 is 0 Å². The number of hydrogen-bond donors (Lipinski definition) is 4. The van der Waals surface area contributed by atoms with Crippen LogP contribution in [0.4, 0.5) is 4.79 Å². The fraction of sp³-hybridized carbons (Fsp3) is 0.800. The topological polar surface area (TPSA) is 102 Å². The average Bonchev–Trinajstić information content (AvgIpc) is 2.58. The van der Waals surface area contributed by atoms with Gasteiger partial charge in [-0.25, -0.2) is 4.79 Å². The second kappa shape index (κ2) is 5.95. The van der Waals surface area contributed by atoms with Crippen molar-refractivity contribution < 1.29 is 19.8 Å². The number of imide groups is 1.